The molecule has 0 spiro atoms. The summed E-state index contributed by atoms with van der Waals surface area (Å²) in [4.78, 5) is 29.6. The van der Waals surface area contributed by atoms with Gasteiger partial charge >= 0.3 is 6.09 Å². The Balaban J connectivity index is 1.72. The fraction of sp³-hybridized carbons (Fsp3) is 0.529. The second kappa shape index (κ2) is 6.34. The summed E-state index contributed by atoms with van der Waals surface area (Å²) in [5, 5.41) is 13.8. The second-order valence-corrected chi connectivity index (χ2v) is 7.22. The maximum absolute atomic E-state index is 12.1. The van der Waals surface area contributed by atoms with Crippen molar-refractivity contribution in [1.29, 1.82) is 0 Å². The molecule has 0 aliphatic carbocycles. The number of aromatic hydroxyl groups is 1. The largest absolute Gasteiger partial charge is 0.493 e. The van der Waals surface area contributed by atoms with E-state index in [0.717, 1.165) is 24.6 Å². The maximum Gasteiger partial charge on any atom is 0.410 e. The zero-order valence-electron chi connectivity index (χ0n) is 14.6. The summed E-state index contributed by atoms with van der Waals surface area (Å²) < 4.78 is 6.59. The Bertz CT molecular complexity index is 848. The van der Waals surface area contributed by atoms with Gasteiger partial charge < -0.3 is 14.7 Å². The normalized spacial score (nSPS) is 16.2. The van der Waals surface area contributed by atoms with Gasteiger partial charge in [0, 0.05) is 19.0 Å². The Morgan fingerprint density at radius 1 is 1.28 bits per heavy atom. The summed E-state index contributed by atoms with van der Waals surface area (Å²) in [7, 11) is 0. The average Bonchev–Trinajstić information content (AvgIpc) is 2.53. The van der Waals surface area contributed by atoms with Crippen LogP contribution in [0.15, 0.2) is 23.0 Å². The fourth-order valence-corrected chi connectivity index (χ4v) is 2.90. The minimum atomic E-state index is -0.506. The molecule has 8 heteroatoms. The molecule has 3 rings (SSSR count). The molecule has 0 bridgehead atoms. The standard InChI is InChI=1S/C17H22N4O4/c1-17(2,3)25-16(24)20-8-6-11(7-9-20)12-4-5-13-18-14(22)10-15(23)21(13)19-12/h4-5,10-11,22H,6-9H2,1-3H3. The Morgan fingerprint density at radius 3 is 2.60 bits per heavy atom. The summed E-state index contributed by atoms with van der Waals surface area (Å²) in [6.07, 6.45) is 1.20. The molecule has 25 heavy (non-hydrogen) atoms. The van der Waals surface area contributed by atoms with Crippen LogP contribution in [0.5, 0.6) is 5.88 Å². The van der Waals surface area contributed by atoms with E-state index < -0.39 is 11.2 Å². The summed E-state index contributed by atoms with van der Waals surface area (Å²) in [5.41, 5.74) is 0.162. The van der Waals surface area contributed by atoms with Gasteiger partial charge in [0.2, 0.25) is 5.88 Å². The summed E-state index contributed by atoms with van der Waals surface area (Å²) in [6.45, 7) is 6.71. The van der Waals surface area contributed by atoms with Crippen molar-refractivity contribution in [2.75, 3.05) is 13.1 Å². The highest BCUT2D eigenvalue weighted by atomic mass is 16.6. The van der Waals surface area contributed by atoms with Crippen LogP contribution in [0.25, 0.3) is 5.65 Å². The van der Waals surface area contributed by atoms with E-state index in [1.165, 1.54) is 4.52 Å². The predicted molar refractivity (Wildman–Crippen MR) is 90.7 cm³/mol. The smallest absolute Gasteiger partial charge is 0.410 e. The van der Waals surface area contributed by atoms with Gasteiger partial charge in [-0.1, -0.05) is 0 Å². The molecular formula is C17H22N4O4. The summed E-state index contributed by atoms with van der Waals surface area (Å²) >= 11 is 0. The lowest BCUT2D eigenvalue weighted by Crippen LogP contribution is -2.41. The maximum atomic E-state index is 12.1. The molecule has 0 unspecified atom stereocenters. The van der Waals surface area contributed by atoms with Gasteiger partial charge in [-0.3, -0.25) is 4.79 Å². The van der Waals surface area contributed by atoms with Crippen molar-refractivity contribution in [2.45, 2.75) is 45.1 Å². The lowest BCUT2D eigenvalue weighted by molar-refractivity contribution is 0.0204. The number of piperidine rings is 1. The Labute approximate surface area is 145 Å². The summed E-state index contributed by atoms with van der Waals surface area (Å²) in [5.74, 6) is -0.158. The van der Waals surface area contributed by atoms with Crippen LogP contribution in [0.3, 0.4) is 0 Å². The van der Waals surface area contributed by atoms with Crippen molar-refractivity contribution in [1.82, 2.24) is 19.5 Å². The van der Waals surface area contributed by atoms with E-state index in [1.54, 1.807) is 11.0 Å². The Hall–Kier alpha value is -2.64. The number of carbonyl (C=O) groups excluding carboxylic acids is 1. The van der Waals surface area contributed by atoms with Crippen LogP contribution in [-0.2, 0) is 4.74 Å². The van der Waals surface area contributed by atoms with E-state index in [1.807, 2.05) is 26.8 Å². The Morgan fingerprint density at radius 2 is 1.96 bits per heavy atom. The van der Waals surface area contributed by atoms with Crippen LogP contribution in [0.1, 0.15) is 45.2 Å². The van der Waals surface area contributed by atoms with Crippen LogP contribution < -0.4 is 5.56 Å². The van der Waals surface area contributed by atoms with Crippen molar-refractivity contribution in [3.05, 3.63) is 34.2 Å². The molecule has 1 aliphatic rings. The third-order valence-corrected chi connectivity index (χ3v) is 4.09. The second-order valence-electron chi connectivity index (χ2n) is 7.22. The number of ether oxygens (including phenoxy) is 1. The molecule has 1 N–H and O–H groups in total. The monoisotopic (exact) mass is 346 g/mol. The van der Waals surface area contributed by atoms with Gasteiger partial charge in [-0.15, -0.1) is 0 Å². The number of rotatable bonds is 1. The predicted octanol–water partition coefficient (Wildman–Crippen LogP) is 1.91. The SMILES string of the molecule is CC(C)(C)OC(=O)N1CCC(c2ccc3nc(O)cc(=O)n3n2)CC1. The first-order chi connectivity index (χ1) is 11.7. The molecule has 134 valence electrons. The van der Waals surface area contributed by atoms with Crippen LogP contribution in [0, 0.1) is 0 Å². The van der Waals surface area contributed by atoms with E-state index in [-0.39, 0.29) is 17.9 Å². The van der Waals surface area contributed by atoms with Gasteiger partial charge in [-0.25, -0.2) is 4.79 Å². The molecule has 0 saturated carbocycles. The number of carbonyl (C=O) groups is 1. The zero-order valence-corrected chi connectivity index (χ0v) is 14.6. The van der Waals surface area contributed by atoms with Crippen LogP contribution >= 0.6 is 0 Å². The first-order valence-corrected chi connectivity index (χ1v) is 8.31. The quantitative estimate of drug-likeness (QED) is 0.847. The molecule has 0 aromatic carbocycles. The molecule has 8 nitrogen and oxygen atoms in total. The highest BCUT2D eigenvalue weighted by Gasteiger charge is 2.28. The minimum Gasteiger partial charge on any atom is -0.493 e. The van der Waals surface area contributed by atoms with E-state index in [2.05, 4.69) is 10.1 Å². The third kappa shape index (κ3) is 3.89. The van der Waals surface area contributed by atoms with E-state index >= 15 is 0 Å². The van der Waals surface area contributed by atoms with Gasteiger partial charge in [-0.2, -0.15) is 14.6 Å². The number of hydrogen-bond donors (Lipinski definition) is 1. The molecule has 0 atom stereocenters. The minimum absolute atomic E-state index is 0.156. The van der Waals surface area contributed by atoms with Gasteiger partial charge in [0.1, 0.15) is 5.60 Å². The lowest BCUT2D eigenvalue weighted by Gasteiger charge is -2.33. The highest BCUT2D eigenvalue weighted by Crippen LogP contribution is 2.27. The van der Waals surface area contributed by atoms with Gasteiger partial charge in [-0.05, 0) is 45.7 Å². The first kappa shape index (κ1) is 17.2. The van der Waals surface area contributed by atoms with Gasteiger partial charge in [0.05, 0.1) is 11.8 Å². The van der Waals surface area contributed by atoms with Crippen LogP contribution in [0.4, 0.5) is 4.79 Å². The van der Waals surface area contributed by atoms with Crippen molar-refractivity contribution in [3.63, 3.8) is 0 Å². The topological polar surface area (TPSA) is 97.0 Å². The molecule has 3 heterocycles. The highest BCUT2D eigenvalue weighted by molar-refractivity contribution is 5.68. The van der Waals surface area contributed by atoms with Crippen LogP contribution in [0.2, 0.25) is 0 Å². The molecule has 2 aromatic rings. The number of likely N-dealkylation sites (tertiary alicyclic amines) is 1. The van der Waals surface area contributed by atoms with Gasteiger partial charge in [0.15, 0.2) is 5.65 Å². The molecule has 1 saturated heterocycles. The molecule has 1 fully saturated rings. The number of nitrogens with zero attached hydrogens (tertiary/aromatic N) is 4. The number of amides is 1. The fourth-order valence-electron chi connectivity index (χ4n) is 2.90. The third-order valence-electron chi connectivity index (χ3n) is 4.09. The molecular weight excluding hydrogens is 324 g/mol. The van der Waals surface area contributed by atoms with E-state index in [0.29, 0.717) is 18.7 Å². The van der Waals surface area contributed by atoms with Crippen LogP contribution in [-0.4, -0.2) is 49.4 Å². The van der Waals surface area contributed by atoms with E-state index in [9.17, 15) is 14.7 Å². The lowest BCUT2D eigenvalue weighted by atomic mass is 9.93. The van der Waals surface area contributed by atoms with Crippen molar-refractivity contribution in [3.8, 4) is 5.88 Å². The summed E-state index contributed by atoms with van der Waals surface area (Å²) in [6, 6.07) is 4.52. The van der Waals surface area contributed by atoms with Gasteiger partial charge in [0.25, 0.3) is 5.56 Å². The molecule has 1 amide bonds. The first-order valence-electron chi connectivity index (χ1n) is 8.31. The average molecular weight is 346 g/mol. The number of aromatic nitrogens is 3. The zero-order chi connectivity index (χ0) is 18.2. The van der Waals surface area contributed by atoms with Crippen molar-refractivity contribution >= 4 is 11.7 Å². The molecule has 0 radical (unpaired) electrons. The number of fused-ring (bicyclic) bond motifs is 1. The van der Waals surface area contributed by atoms with Crippen molar-refractivity contribution < 1.29 is 14.6 Å². The number of hydrogen-bond acceptors (Lipinski definition) is 6. The molecule has 1 aliphatic heterocycles. The van der Waals surface area contributed by atoms with Crippen molar-refractivity contribution in [2.24, 2.45) is 0 Å². The van der Waals surface area contributed by atoms with E-state index in [4.69, 9.17) is 4.74 Å². The Kier molecular flexibility index (Phi) is 4.36. The molecule has 2 aromatic heterocycles.